The van der Waals surface area contributed by atoms with E-state index in [0.717, 1.165) is 26.1 Å². The molecule has 1 aliphatic rings. The minimum absolute atomic E-state index is 0.155. The number of carbonyl (C=O) groups excluding carboxylic acids is 1. The zero-order valence-corrected chi connectivity index (χ0v) is 12.2. The molecule has 1 heterocycles. The summed E-state index contributed by atoms with van der Waals surface area (Å²) in [5, 5.41) is 6.57. The third-order valence-electron chi connectivity index (χ3n) is 3.73. The van der Waals surface area contributed by atoms with Crippen molar-refractivity contribution in [1.29, 1.82) is 0 Å². The lowest BCUT2D eigenvalue weighted by Gasteiger charge is -2.29. The van der Waals surface area contributed by atoms with E-state index in [0.29, 0.717) is 12.6 Å². The summed E-state index contributed by atoms with van der Waals surface area (Å²) in [5.74, 6) is 0.155. The van der Waals surface area contributed by atoms with E-state index in [-0.39, 0.29) is 11.9 Å². The van der Waals surface area contributed by atoms with E-state index in [9.17, 15) is 4.79 Å². The normalized spacial score (nSPS) is 21.9. The van der Waals surface area contributed by atoms with Crippen LogP contribution in [0.2, 0.25) is 0 Å². The number of nitrogens with one attached hydrogen (secondary N) is 2. The Kier molecular flexibility index (Phi) is 7.28. The number of piperidine rings is 1. The predicted molar refractivity (Wildman–Crippen MR) is 75.7 cm³/mol. The van der Waals surface area contributed by atoms with Gasteiger partial charge in [-0.15, -0.1) is 0 Å². The topological polar surface area (TPSA) is 44.4 Å². The summed E-state index contributed by atoms with van der Waals surface area (Å²) in [7, 11) is 0. The van der Waals surface area contributed by atoms with Gasteiger partial charge in [0.05, 0.1) is 6.54 Å². The zero-order valence-electron chi connectivity index (χ0n) is 12.2. The van der Waals surface area contributed by atoms with Gasteiger partial charge in [-0.1, -0.05) is 20.3 Å². The number of hydrogen-bond acceptors (Lipinski definition) is 3. The molecule has 0 spiro atoms. The second-order valence-electron chi connectivity index (χ2n) is 5.35. The monoisotopic (exact) mass is 255 g/mol. The minimum atomic E-state index is 0.155. The Balaban J connectivity index is 2.29. The minimum Gasteiger partial charge on any atom is -0.353 e. The molecule has 4 heteroatoms. The van der Waals surface area contributed by atoms with Gasteiger partial charge in [-0.3, -0.25) is 9.69 Å². The molecule has 106 valence electrons. The van der Waals surface area contributed by atoms with Gasteiger partial charge in [0.2, 0.25) is 5.91 Å². The summed E-state index contributed by atoms with van der Waals surface area (Å²) in [6.45, 7) is 9.85. The first-order valence-electron chi connectivity index (χ1n) is 7.40. The number of hydrogen-bond donors (Lipinski definition) is 2. The van der Waals surface area contributed by atoms with Crippen LogP contribution in [0.25, 0.3) is 0 Å². The molecule has 0 radical (unpaired) electrons. The fraction of sp³-hybridized carbons (Fsp3) is 0.929. The summed E-state index contributed by atoms with van der Waals surface area (Å²) >= 11 is 0. The number of carbonyl (C=O) groups is 1. The summed E-state index contributed by atoms with van der Waals surface area (Å²) in [6.07, 6.45) is 4.83. The molecule has 0 aromatic carbocycles. The molecule has 2 atom stereocenters. The van der Waals surface area contributed by atoms with Crippen molar-refractivity contribution in [3.8, 4) is 0 Å². The van der Waals surface area contributed by atoms with Crippen LogP contribution in [0.5, 0.6) is 0 Å². The number of nitrogens with zero attached hydrogens (tertiary/aromatic N) is 1. The molecule has 1 amide bonds. The molecule has 2 N–H and O–H groups in total. The molecule has 0 aliphatic carbocycles. The molecule has 1 aliphatic heterocycles. The molecular formula is C14H29N3O. The van der Waals surface area contributed by atoms with Gasteiger partial charge in [0.25, 0.3) is 0 Å². The van der Waals surface area contributed by atoms with E-state index in [1.807, 2.05) is 0 Å². The van der Waals surface area contributed by atoms with Gasteiger partial charge in [-0.2, -0.15) is 0 Å². The number of rotatable bonds is 7. The van der Waals surface area contributed by atoms with Gasteiger partial charge in [-0.05, 0) is 39.3 Å². The van der Waals surface area contributed by atoms with Crippen molar-refractivity contribution in [1.82, 2.24) is 15.5 Å². The average Bonchev–Trinajstić information content (AvgIpc) is 2.38. The van der Waals surface area contributed by atoms with Gasteiger partial charge in [0, 0.05) is 18.6 Å². The first kappa shape index (κ1) is 15.4. The highest BCUT2D eigenvalue weighted by molar-refractivity contribution is 5.78. The molecule has 2 unspecified atom stereocenters. The summed E-state index contributed by atoms with van der Waals surface area (Å²) < 4.78 is 0. The Morgan fingerprint density at radius 1 is 1.44 bits per heavy atom. The van der Waals surface area contributed by atoms with Crippen LogP contribution < -0.4 is 10.6 Å². The molecule has 0 bridgehead atoms. The van der Waals surface area contributed by atoms with E-state index < -0.39 is 0 Å². The second kappa shape index (κ2) is 8.48. The highest BCUT2D eigenvalue weighted by Gasteiger charge is 2.17. The highest BCUT2D eigenvalue weighted by Crippen LogP contribution is 2.08. The maximum atomic E-state index is 11.9. The van der Waals surface area contributed by atoms with E-state index in [1.165, 1.54) is 19.3 Å². The van der Waals surface area contributed by atoms with Crippen LogP contribution in [0, 0.1) is 0 Å². The molecule has 1 rings (SSSR count). The van der Waals surface area contributed by atoms with Crippen LogP contribution in [0.15, 0.2) is 0 Å². The Bertz CT molecular complexity index is 239. The second-order valence-corrected chi connectivity index (χ2v) is 5.35. The molecule has 1 saturated heterocycles. The number of amides is 1. The maximum absolute atomic E-state index is 11.9. The molecule has 0 saturated carbocycles. The van der Waals surface area contributed by atoms with E-state index in [4.69, 9.17) is 0 Å². The zero-order chi connectivity index (χ0) is 13.4. The van der Waals surface area contributed by atoms with Crippen LogP contribution in [0.4, 0.5) is 0 Å². The average molecular weight is 255 g/mol. The SMILES string of the molecule is CCC(C)NC(=O)CN(CC)CC1CCCCN1. The first-order valence-corrected chi connectivity index (χ1v) is 7.40. The summed E-state index contributed by atoms with van der Waals surface area (Å²) in [6, 6.07) is 0.846. The third kappa shape index (κ3) is 5.83. The van der Waals surface area contributed by atoms with Crippen molar-refractivity contribution in [3.05, 3.63) is 0 Å². The lowest BCUT2D eigenvalue weighted by atomic mass is 10.0. The van der Waals surface area contributed by atoms with Crippen LogP contribution in [0.1, 0.15) is 46.5 Å². The quantitative estimate of drug-likeness (QED) is 0.722. The van der Waals surface area contributed by atoms with Gasteiger partial charge < -0.3 is 10.6 Å². The molecule has 18 heavy (non-hydrogen) atoms. The van der Waals surface area contributed by atoms with E-state index >= 15 is 0 Å². The molecular weight excluding hydrogens is 226 g/mol. The van der Waals surface area contributed by atoms with Gasteiger partial charge in [0.1, 0.15) is 0 Å². The Labute approximate surface area is 111 Å². The largest absolute Gasteiger partial charge is 0.353 e. The summed E-state index contributed by atoms with van der Waals surface area (Å²) in [4.78, 5) is 14.1. The Hall–Kier alpha value is -0.610. The van der Waals surface area contributed by atoms with E-state index in [2.05, 4.69) is 36.3 Å². The molecule has 0 aromatic rings. The molecule has 4 nitrogen and oxygen atoms in total. The van der Waals surface area contributed by atoms with Crippen LogP contribution in [-0.4, -0.2) is 49.1 Å². The fourth-order valence-electron chi connectivity index (χ4n) is 2.32. The lowest BCUT2D eigenvalue weighted by molar-refractivity contribution is -0.122. The summed E-state index contributed by atoms with van der Waals surface area (Å²) in [5.41, 5.74) is 0. The van der Waals surface area contributed by atoms with Crippen molar-refractivity contribution >= 4 is 5.91 Å². The third-order valence-corrected chi connectivity index (χ3v) is 3.73. The first-order chi connectivity index (χ1) is 8.65. The standard InChI is InChI=1S/C14H29N3O/c1-4-12(3)16-14(18)11-17(5-2)10-13-8-6-7-9-15-13/h12-13,15H,4-11H2,1-3H3,(H,16,18). The van der Waals surface area contributed by atoms with Gasteiger partial charge in [0.15, 0.2) is 0 Å². The van der Waals surface area contributed by atoms with Crippen LogP contribution >= 0.6 is 0 Å². The van der Waals surface area contributed by atoms with Crippen molar-refractivity contribution in [2.24, 2.45) is 0 Å². The van der Waals surface area contributed by atoms with Crippen LogP contribution in [-0.2, 0) is 4.79 Å². The van der Waals surface area contributed by atoms with Crippen LogP contribution in [0.3, 0.4) is 0 Å². The smallest absolute Gasteiger partial charge is 0.234 e. The lowest BCUT2D eigenvalue weighted by Crippen LogP contribution is -2.47. The van der Waals surface area contributed by atoms with E-state index in [1.54, 1.807) is 0 Å². The predicted octanol–water partition coefficient (Wildman–Crippen LogP) is 1.37. The Morgan fingerprint density at radius 2 is 2.22 bits per heavy atom. The maximum Gasteiger partial charge on any atom is 0.234 e. The number of likely N-dealkylation sites (N-methyl/N-ethyl adjacent to an activating group) is 1. The fourth-order valence-corrected chi connectivity index (χ4v) is 2.32. The van der Waals surface area contributed by atoms with Crippen molar-refractivity contribution in [2.75, 3.05) is 26.2 Å². The van der Waals surface area contributed by atoms with Crippen molar-refractivity contribution in [3.63, 3.8) is 0 Å². The molecule has 1 fully saturated rings. The molecule has 0 aromatic heterocycles. The van der Waals surface area contributed by atoms with Crippen molar-refractivity contribution < 1.29 is 4.79 Å². The van der Waals surface area contributed by atoms with Gasteiger partial charge in [-0.25, -0.2) is 0 Å². The highest BCUT2D eigenvalue weighted by atomic mass is 16.2. The van der Waals surface area contributed by atoms with Gasteiger partial charge >= 0.3 is 0 Å². The Morgan fingerprint density at radius 3 is 2.78 bits per heavy atom. The van der Waals surface area contributed by atoms with Crippen molar-refractivity contribution in [2.45, 2.75) is 58.5 Å².